The largest absolute Gasteiger partial charge is 0.496 e. The van der Waals surface area contributed by atoms with E-state index in [0.29, 0.717) is 29.2 Å². The molecule has 1 aliphatic rings. The first-order valence-electron chi connectivity index (χ1n) is 6.34. The maximum atomic E-state index is 11.5. The van der Waals surface area contributed by atoms with Crippen LogP contribution in [0.5, 0.6) is 5.75 Å². The molecule has 19 heavy (non-hydrogen) atoms. The quantitative estimate of drug-likeness (QED) is 0.918. The lowest BCUT2D eigenvalue weighted by atomic mass is 9.82. The van der Waals surface area contributed by atoms with Crippen molar-refractivity contribution in [3.8, 4) is 5.75 Å². The summed E-state index contributed by atoms with van der Waals surface area (Å²) >= 11 is 6.18. The molecule has 4 heteroatoms. The summed E-state index contributed by atoms with van der Waals surface area (Å²) in [7, 11) is 1.58. The lowest BCUT2D eigenvalue weighted by Gasteiger charge is -2.26. The fourth-order valence-electron chi connectivity index (χ4n) is 2.45. The van der Waals surface area contributed by atoms with Crippen LogP contribution in [0.25, 0.3) is 0 Å². The Balaban J connectivity index is 2.69. The van der Waals surface area contributed by atoms with E-state index in [4.69, 9.17) is 16.3 Å². The molecule has 1 saturated carbocycles. The van der Waals surface area contributed by atoms with Gasteiger partial charge in [0, 0.05) is 16.1 Å². The van der Waals surface area contributed by atoms with E-state index in [1.54, 1.807) is 13.2 Å². The van der Waals surface area contributed by atoms with Crippen molar-refractivity contribution in [2.45, 2.75) is 44.4 Å². The lowest BCUT2D eigenvalue weighted by Crippen LogP contribution is -2.23. The first-order chi connectivity index (χ1) is 8.72. The number of benzene rings is 1. The van der Waals surface area contributed by atoms with Crippen LogP contribution < -0.4 is 4.74 Å². The monoisotopic (exact) mass is 282 g/mol. The molecular formula is C15H19ClO3. The summed E-state index contributed by atoms with van der Waals surface area (Å²) in [4.78, 5) is 11.5. The molecule has 0 radical (unpaired) electrons. The Bertz CT molecular complexity index is 525. The smallest absolute Gasteiger partial charge is 0.314 e. The van der Waals surface area contributed by atoms with Gasteiger partial charge < -0.3 is 9.84 Å². The van der Waals surface area contributed by atoms with Crippen molar-refractivity contribution in [1.29, 1.82) is 0 Å². The van der Waals surface area contributed by atoms with Gasteiger partial charge in [-0.3, -0.25) is 4.79 Å². The third-order valence-corrected chi connectivity index (χ3v) is 3.96. The summed E-state index contributed by atoms with van der Waals surface area (Å²) in [5, 5.41) is 10.0. The molecular weight excluding hydrogens is 264 g/mol. The molecule has 3 nitrogen and oxygen atoms in total. The first-order valence-corrected chi connectivity index (χ1v) is 6.72. The van der Waals surface area contributed by atoms with Crippen molar-refractivity contribution in [3.05, 3.63) is 28.3 Å². The van der Waals surface area contributed by atoms with Crippen LogP contribution in [0.2, 0.25) is 5.02 Å². The third-order valence-electron chi connectivity index (χ3n) is 3.74. The van der Waals surface area contributed by atoms with E-state index in [-0.39, 0.29) is 5.41 Å². The van der Waals surface area contributed by atoms with E-state index in [9.17, 15) is 9.90 Å². The predicted octanol–water partition coefficient (Wildman–Crippen LogP) is 3.76. The van der Waals surface area contributed by atoms with Gasteiger partial charge in [0.05, 0.1) is 12.5 Å². The summed E-state index contributed by atoms with van der Waals surface area (Å²) in [5.74, 6) is -0.135. The number of methoxy groups -OCH3 is 1. The standard InChI is InChI=1S/C15H19ClO3/c1-14(2,3)10-7-9(16)8-11(12(10)19-4)15(5-6-15)13(17)18/h7-8H,5-6H2,1-4H3,(H,17,18). The summed E-state index contributed by atoms with van der Waals surface area (Å²) < 4.78 is 5.51. The Morgan fingerprint density at radius 1 is 1.37 bits per heavy atom. The maximum absolute atomic E-state index is 11.5. The Morgan fingerprint density at radius 3 is 2.32 bits per heavy atom. The second-order valence-electron chi connectivity index (χ2n) is 6.17. The molecule has 1 N–H and O–H groups in total. The molecule has 0 saturated heterocycles. The Kier molecular flexibility index (Phi) is 3.29. The van der Waals surface area contributed by atoms with Crippen molar-refractivity contribution < 1.29 is 14.6 Å². The number of carbonyl (C=O) groups is 1. The van der Waals surface area contributed by atoms with Crippen LogP contribution in [0.1, 0.15) is 44.7 Å². The molecule has 1 fully saturated rings. The van der Waals surface area contributed by atoms with E-state index < -0.39 is 11.4 Å². The molecule has 1 aromatic carbocycles. The molecule has 0 aromatic heterocycles. The summed E-state index contributed by atoms with van der Waals surface area (Å²) in [6, 6.07) is 3.60. The molecule has 0 heterocycles. The molecule has 104 valence electrons. The SMILES string of the molecule is COc1c(C(C)(C)C)cc(Cl)cc1C1(C(=O)O)CC1. The second-order valence-corrected chi connectivity index (χ2v) is 6.61. The number of carboxylic acid groups (broad SMARTS) is 1. The highest BCUT2D eigenvalue weighted by atomic mass is 35.5. The molecule has 0 spiro atoms. The number of carboxylic acids is 1. The fraction of sp³-hybridized carbons (Fsp3) is 0.533. The van der Waals surface area contributed by atoms with Crippen LogP contribution in [-0.2, 0) is 15.6 Å². The normalized spacial score (nSPS) is 17.1. The molecule has 2 rings (SSSR count). The number of rotatable bonds is 3. The van der Waals surface area contributed by atoms with Gasteiger partial charge in [0.25, 0.3) is 0 Å². The van der Waals surface area contributed by atoms with Crippen LogP contribution in [0, 0.1) is 0 Å². The van der Waals surface area contributed by atoms with Gasteiger partial charge in [-0.1, -0.05) is 32.4 Å². The zero-order valence-corrected chi connectivity index (χ0v) is 12.5. The third kappa shape index (κ3) is 2.32. The van der Waals surface area contributed by atoms with E-state index in [0.717, 1.165) is 5.56 Å². The summed E-state index contributed by atoms with van der Waals surface area (Å²) in [5.41, 5.74) is 0.695. The molecule has 0 unspecified atom stereocenters. The molecule has 0 atom stereocenters. The minimum absolute atomic E-state index is 0.153. The summed E-state index contributed by atoms with van der Waals surface area (Å²) in [6.07, 6.45) is 1.28. The Hall–Kier alpha value is -1.22. The van der Waals surface area contributed by atoms with Crippen molar-refractivity contribution in [2.24, 2.45) is 0 Å². The zero-order chi connectivity index (χ0) is 14.4. The van der Waals surface area contributed by atoms with Crippen molar-refractivity contribution in [2.75, 3.05) is 7.11 Å². The second kappa shape index (κ2) is 4.41. The van der Waals surface area contributed by atoms with Crippen LogP contribution in [-0.4, -0.2) is 18.2 Å². The Morgan fingerprint density at radius 2 is 1.95 bits per heavy atom. The highest BCUT2D eigenvalue weighted by molar-refractivity contribution is 6.30. The highest BCUT2D eigenvalue weighted by Crippen LogP contribution is 2.54. The number of halogens is 1. The van der Waals surface area contributed by atoms with Gasteiger partial charge >= 0.3 is 5.97 Å². The highest BCUT2D eigenvalue weighted by Gasteiger charge is 2.54. The van der Waals surface area contributed by atoms with Crippen molar-refractivity contribution in [1.82, 2.24) is 0 Å². The number of hydrogen-bond acceptors (Lipinski definition) is 2. The van der Waals surface area contributed by atoms with E-state index in [1.807, 2.05) is 6.07 Å². The van der Waals surface area contributed by atoms with Crippen LogP contribution in [0.4, 0.5) is 0 Å². The van der Waals surface area contributed by atoms with Gasteiger partial charge in [0.1, 0.15) is 5.75 Å². The zero-order valence-electron chi connectivity index (χ0n) is 11.7. The van der Waals surface area contributed by atoms with Gasteiger partial charge in [0.2, 0.25) is 0 Å². The number of hydrogen-bond donors (Lipinski definition) is 1. The van der Waals surface area contributed by atoms with E-state index in [2.05, 4.69) is 20.8 Å². The van der Waals surface area contributed by atoms with Gasteiger partial charge in [0.15, 0.2) is 0 Å². The molecule has 1 aliphatic carbocycles. The molecule has 0 aliphatic heterocycles. The van der Waals surface area contributed by atoms with E-state index >= 15 is 0 Å². The van der Waals surface area contributed by atoms with Gasteiger partial charge in [-0.25, -0.2) is 0 Å². The van der Waals surface area contributed by atoms with Crippen LogP contribution in [0.15, 0.2) is 12.1 Å². The topological polar surface area (TPSA) is 46.5 Å². The lowest BCUT2D eigenvalue weighted by molar-refractivity contribution is -0.140. The summed E-state index contributed by atoms with van der Waals surface area (Å²) in [6.45, 7) is 6.18. The van der Waals surface area contributed by atoms with Gasteiger partial charge in [-0.05, 0) is 30.4 Å². The Labute approximate surface area is 118 Å². The van der Waals surface area contributed by atoms with Crippen LogP contribution in [0.3, 0.4) is 0 Å². The fourth-order valence-corrected chi connectivity index (χ4v) is 2.67. The molecule has 1 aromatic rings. The minimum Gasteiger partial charge on any atom is -0.496 e. The van der Waals surface area contributed by atoms with Crippen LogP contribution >= 0.6 is 11.6 Å². The van der Waals surface area contributed by atoms with E-state index in [1.165, 1.54) is 0 Å². The molecule has 0 bridgehead atoms. The van der Waals surface area contributed by atoms with Crippen molar-refractivity contribution in [3.63, 3.8) is 0 Å². The average Bonchev–Trinajstić information content (AvgIpc) is 3.07. The number of ether oxygens (including phenoxy) is 1. The molecule has 0 amide bonds. The maximum Gasteiger partial charge on any atom is 0.314 e. The van der Waals surface area contributed by atoms with Gasteiger partial charge in [-0.2, -0.15) is 0 Å². The number of aliphatic carboxylic acids is 1. The first kappa shape index (κ1) is 14.2. The van der Waals surface area contributed by atoms with Crippen molar-refractivity contribution >= 4 is 17.6 Å². The van der Waals surface area contributed by atoms with Gasteiger partial charge in [-0.15, -0.1) is 0 Å². The minimum atomic E-state index is -0.809. The average molecular weight is 283 g/mol. The predicted molar refractivity (Wildman–Crippen MR) is 75.3 cm³/mol.